The van der Waals surface area contributed by atoms with Gasteiger partial charge in [-0.2, -0.15) is 0 Å². The third kappa shape index (κ3) is 3.28. The number of para-hydroxylation sites is 1. The topological polar surface area (TPSA) is 79.7 Å². The maximum absolute atomic E-state index is 13.4. The van der Waals surface area contributed by atoms with Crippen LogP contribution in [0, 0.1) is 6.92 Å². The molecule has 0 amide bonds. The van der Waals surface area contributed by atoms with E-state index in [0.29, 0.717) is 11.4 Å². The second-order valence-electron chi connectivity index (χ2n) is 9.23. The predicted molar refractivity (Wildman–Crippen MR) is 126 cm³/mol. The molecule has 1 unspecified atom stereocenters. The van der Waals surface area contributed by atoms with Crippen LogP contribution in [0.2, 0.25) is 0 Å². The number of fused-ring (bicyclic) bond motifs is 2. The number of tetrazole rings is 1. The van der Waals surface area contributed by atoms with Crippen molar-refractivity contribution in [3.8, 4) is 0 Å². The highest BCUT2D eigenvalue weighted by Gasteiger charge is 2.36. The molecule has 7 heteroatoms. The zero-order chi connectivity index (χ0) is 22.5. The van der Waals surface area contributed by atoms with Crippen LogP contribution in [0.3, 0.4) is 0 Å². The number of aryl methyl sites for hydroxylation is 1. The maximum atomic E-state index is 13.4. The number of nitrogens with zero attached hydrogens (tertiary/aromatic N) is 5. The summed E-state index contributed by atoms with van der Waals surface area (Å²) in [4.78, 5) is 18.8. The van der Waals surface area contributed by atoms with Crippen LogP contribution in [0.25, 0.3) is 10.9 Å². The van der Waals surface area contributed by atoms with E-state index in [9.17, 15) is 4.79 Å². The van der Waals surface area contributed by atoms with E-state index in [-0.39, 0.29) is 11.1 Å². The second kappa shape index (κ2) is 7.58. The molecule has 2 aromatic carbocycles. The van der Waals surface area contributed by atoms with E-state index >= 15 is 0 Å². The molecule has 2 aromatic heterocycles. The average Bonchev–Trinajstić information content (AvgIpc) is 3.43. The van der Waals surface area contributed by atoms with Crippen molar-refractivity contribution in [3.63, 3.8) is 0 Å². The summed E-state index contributed by atoms with van der Waals surface area (Å²) in [5, 5.41) is 13.9. The van der Waals surface area contributed by atoms with Crippen LogP contribution >= 0.6 is 0 Å². The highest BCUT2D eigenvalue weighted by molar-refractivity contribution is 5.80. The third-order valence-electron chi connectivity index (χ3n) is 6.73. The van der Waals surface area contributed by atoms with Gasteiger partial charge < -0.3 is 9.88 Å². The van der Waals surface area contributed by atoms with Crippen molar-refractivity contribution < 1.29 is 0 Å². The summed E-state index contributed by atoms with van der Waals surface area (Å²) in [7, 11) is 0. The average molecular weight is 429 g/mol. The molecule has 3 heterocycles. The highest BCUT2D eigenvalue weighted by atomic mass is 16.1. The van der Waals surface area contributed by atoms with E-state index in [1.807, 2.05) is 28.9 Å². The molecule has 0 radical (unpaired) electrons. The molecule has 0 fully saturated rings. The van der Waals surface area contributed by atoms with Gasteiger partial charge in [-0.15, -0.1) is 5.10 Å². The molecule has 0 saturated heterocycles. The van der Waals surface area contributed by atoms with Crippen molar-refractivity contribution in [3.05, 3.63) is 81.4 Å². The van der Waals surface area contributed by atoms with Crippen LogP contribution in [0.4, 0.5) is 5.69 Å². The van der Waals surface area contributed by atoms with Crippen LogP contribution in [0.1, 0.15) is 55.7 Å². The number of benzene rings is 2. The number of hydrogen-bond acceptors (Lipinski definition) is 5. The number of aromatic amines is 1. The first-order chi connectivity index (χ1) is 15.4. The summed E-state index contributed by atoms with van der Waals surface area (Å²) < 4.78 is 1.89. The summed E-state index contributed by atoms with van der Waals surface area (Å²) in [6.45, 7) is 9.22. The molecule has 4 aromatic rings. The lowest BCUT2D eigenvalue weighted by atomic mass is 9.99. The minimum Gasteiger partial charge on any atom is -0.357 e. The van der Waals surface area contributed by atoms with E-state index in [0.717, 1.165) is 41.5 Å². The van der Waals surface area contributed by atoms with Crippen molar-refractivity contribution in [1.82, 2.24) is 25.2 Å². The lowest BCUT2D eigenvalue weighted by molar-refractivity contribution is 0.287. The Labute approximate surface area is 187 Å². The van der Waals surface area contributed by atoms with Crippen molar-refractivity contribution >= 4 is 16.6 Å². The minimum absolute atomic E-state index is 0.111. The fraction of sp³-hybridized carbons (Fsp3) is 0.360. The van der Waals surface area contributed by atoms with Gasteiger partial charge in [-0.25, -0.2) is 4.68 Å². The molecule has 32 heavy (non-hydrogen) atoms. The number of aromatic nitrogens is 5. The zero-order valence-electron chi connectivity index (χ0n) is 19.0. The van der Waals surface area contributed by atoms with Crippen molar-refractivity contribution in [2.45, 2.75) is 52.1 Å². The monoisotopic (exact) mass is 428 g/mol. The van der Waals surface area contributed by atoms with Gasteiger partial charge in [0.2, 0.25) is 0 Å². The van der Waals surface area contributed by atoms with Crippen molar-refractivity contribution in [2.75, 3.05) is 11.4 Å². The van der Waals surface area contributed by atoms with Gasteiger partial charge in [0.05, 0.1) is 5.54 Å². The fourth-order valence-corrected chi connectivity index (χ4v) is 4.57. The summed E-state index contributed by atoms with van der Waals surface area (Å²) in [5.74, 6) is 0.686. The van der Waals surface area contributed by atoms with E-state index in [1.165, 1.54) is 5.56 Å². The van der Waals surface area contributed by atoms with Gasteiger partial charge in [0.15, 0.2) is 5.82 Å². The van der Waals surface area contributed by atoms with Gasteiger partial charge in [-0.1, -0.05) is 36.8 Å². The Bertz CT molecular complexity index is 1350. The molecular formula is C25H28N6O. The van der Waals surface area contributed by atoms with E-state index in [4.69, 9.17) is 0 Å². The Hall–Kier alpha value is -3.48. The quantitative estimate of drug-likeness (QED) is 0.517. The van der Waals surface area contributed by atoms with Gasteiger partial charge in [0.1, 0.15) is 6.04 Å². The van der Waals surface area contributed by atoms with Crippen molar-refractivity contribution in [2.24, 2.45) is 0 Å². The van der Waals surface area contributed by atoms with Crippen LogP contribution in [0.5, 0.6) is 0 Å². The van der Waals surface area contributed by atoms with Gasteiger partial charge in [0, 0.05) is 23.3 Å². The molecule has 164 valence electrons. The Kier molecular flexibility index (Phi) is 4.84. The first-order valence-electron chi connectivity index (χ1n) is 11.2. The zero-order valence-corrected chi connectivity index (χ0v) is 19.0. The number of pyridine rings is 1. The number of rotatable bonds is 5. The number of hydrogen-bond donors (Lipinski definition) is 1. The van der Waals surface area contributed by atoms with Gasteiger partial charge >= 0.3 is 0 Å². The van der Waals surface area contributed by atoms with E-state index in [1.54, 1.807) is 0 Å². The smallest absolute Gasteiger partial charge is 0.254 e. The maximum Gasteiger partial charge on any atom is 0.254 e. The lowest BCUT2D eigenvalue weighted by Gasteiger charge is -2.32. The molecule has 1 atom stereocenters. The molecule has 0 spiro atoms. The van der Waals surface area contributed by atoms with Crippen LogP contribution in [-0.2, 0) is 12.0 Å². The molecular weight excluding hydrogens is 400 g/mol. The minimum atomic E-state index is -0.395. The largest absolute Gasteiger partial charge is 0.357 e. The Balaban J connectivity index is 1.76. The van der Waals surface area contributed by atoms with Crippen molar-refractivity contribution in [1.29, 1.82) is 0 Å². The molecule has 1 N–H and O–H groups in total. The Morgan fingerprint density at radius 3 is 2.78 bits per heavy atom. The van der Waals surface area contributed by atoms with Crippen LogP contribution < -0.4 is 10.5 Å². The molecule has 0 saturated carbocycles. The lowest BCUT2D eigenvalue weighted by Crippen LogP contribution is -2.37. The molecule has 1 aliphatic heterocycles. The fourth-order valence-electron chi connectivity index (χ4n) is 4.57. The van der Waals surface area contributed by atoms with Gasteiger partial charge in [-0.3, -0.25) is 4.79 Å². The molecule has 7 nitrogen and oxygen atoms in total. The SMILES string of the molecule is CCC(C)(C)n1nnnc1C(c1cc2cc(C)ccc2[nH]c1=O)N1CCc2ccccc21. The molecule has 1 aliphatic rings. The third-order valence-corrected chi connectivity index (χ3v) is 6.73. The molecule has 5 rings (SSSR count). The second-order valence-corrected chi connectivity index (χ2v) is 9.23. The number of H-pyrrole nitrogens is 1. The van der Waals surface area contributed by atoms with Crippen LogP contribution in [0.15, 0.2) is 53.3 Å². The number of anilines is 1. The van der Waals surface area contributed by atoms with E-state index < -0.39 is 6.04 Å². The summed E-state index contributed by atoms with van der Waals surface area (Å²) in [5.41, 5.74) is 4.65. The summed E-state index contributed by atoms with van der Waals surface area (Å²) in [6, 6.07) is 16.1. The number of nitrogens with one attached hydrogen (secondary N) is 1. The highest BCUT2D eigenvalue weighted by Crippen LogP contribution is 2.38. The first kappa shape index (κ1) is 20.4. The summed E-state index contributed by atoms with van der Waals surface area (Å²) in [6.07, 6.45) is 1.79. The van der Waals surface area contributed by atoms with Crippen LogP contribution in [-0.4, -0.2) is 31.7 Å². The first-order valence-corrected chi connectivity index (χ1v) is 11.2. The molecule has 0 bridgehead atoms. The van der Waals surface area contributed by atoms with Gasteiger partial charge in [0.25, 0.3) is 5.56 Å². The molecule has 0 aliphatic carbocycles. The van der Waals surface area contributed by atoms with E-state index in [2.05, 4.69) is 77.4 Å². The predicted octanol–water partition coefficient (Wildman–Crippen LogP) is 4.12. The van der Waals surface area contributed by atoms with Gasteiger partial charge in [-0.05, 0) is 79.3 Å². The standard InChI is InChI=1S/C25H28N6O/c1-5-25(3,4)31-23(27-28-29-31)22(30-13-12-17-8-6-7-9-21(17)30)19-15-18-14-16(2)10-11-20(18)26-24(19)32/h6-11,14-15,22H,5,12-13H2,1-4H3,(H,26,32). The Morgan fingerprint density at radius 1 is 1.16 bits per heavy atom. The normalized spacial score (nSPS) is 14.7. The Morgan fingerprint density at radius 2 is 1.97 bits per heavy atom. The summed E-state index contributed by atoms with van der Waals surface area (Å²) >= 11 is 0.